The molecule has 0 aromatic heterocycles. The average Bonchev–Trinajstić information content (AvgIpc) is 2.21. The predicted molar refractivity (Wildman–Crippen MR) is 62.6 cm³/mol. The number of thiol groups is 1. The number of aliphatic hydroxyl groups excluding tert-OH is 2. The maximum Gasteiger partial charge on any atom is 0.134 e. The number of aliphatic hydroxyl groups is 2. The lowest BCUT2D eigenvalue weighted by atomic mass is 10.0. The molecule has 0 bridgehead atoms. The van der Waals surface area contributed by atoms with E-state index in [0.29, 0.717) is 17.7 Å². The van der Waals surface area contributed by atoms with Crippen LogP contribution in [0, 0.1) is 0 Å². The molecule has 3 nitrogen and oxygen atoms in total. The van der Waals surface area contributed by atoms with Gasteiger partial charge in [-0.15, -0.1) is 0 Å². The Bertz CT molecular complexity index is 332. The van der Waals surface area contributed by atoms with Crippen molar-refractivity contribution >= 4 is 24.2 Å². The Labute approximate surface area is 98.7 Å². The van der Waals surface area contributed by atoms with Crippen LogP contribution >= 0.6 is 24.2 Å². The molecule has 1 aromatic carbocycles. The number of aromatic hydroxyl groups is 1. The molecule has 0 amide bonds. The zero-order valence-corrected chi connectivity index (χ0v) is 9.62. The maximum absolute atomic E-state index is 9.70. The van der Waals surface area contributed by atoms with Gasteiger partial charge in [0, 0.05) is 0 Å². The Morgan fingerprint density at radius 3 is 2.53 bits per heavy atom. The minimum Gasteiger partial charge on any atom is -0.506 e. The maximum atomic E-state index is 9.70. The monoisotopic (exact) mass is 248 g/mol. The highest BCUT2D eigenvalue weighted by Gasteiger charge is 2.18. The fourth-order valence-electron chi connectivity index (χ4n) is 1.23. The molecule has 0 heterocycles. The Balaban J connectivity index is 2.81. The van der Waals surface area contributed by atoms with Gasteiger partial charge in [-0.2, -0.15) is 12.6 Å². The molecule has 0 saturated heterocycles. The number of rotatable bonds is 4. The summed E-state index contributed by atoms with van der Waals surface area (Å²) in [6.07, 6.45) is -1.53. The van der Waals surface area contributed by atoms with E-state index in [2.05, 4.69) is 12.6 Å². The molecule has 0 aliphatic heterocycles. The van der Waals surface area contributed by atoms with E-state index in [0.717, 1.165) is 0 Å². The zero-order chi connectivity index (χ0) is 11.4. The second-order valence-electron chi connectivity index (χ2n) is 3.24. The van der Waals surface area contributed by atoms with Crippen molar-refractivity contribution in [1.82, 2.24) is 0 Å². The average molecular weight is 249 g/mol. The van der Waals surface area contributed by atoms with Crippen LogP contribution in [0.5, 0.6) is 5.75 Å². The van der Waals surface area contributed by atoms with Gasteiger partial charge in [-0.1, -0.05) is 17.7 Å². The van der Waals surface area contributed by atoms with Crippen molar-refractivity contribution in [3.63, 3.8) is 0 Å². The van der Waals surface area contributed by atoms with Gasteiger partial charge in [0.05, 0.1) is 11.1 Å². The summed E-state index contributed by atoms with van der Waals surface area (Å²) in [6.45, 7) is 0. The number of hydrogen-bond acceptors (Lipinski definition) is 4. The van der Waals surface area contributed by atoms with Crippen LogP contribution < -0.4 is 0 Å². The smallest absolute Gasteiger partial charge is 0.134 e. The molecule has 0 saturated carbocycles. The third kappa shape index (κ3) is 3.28. The number of halogens is 1. The van der Waals surface area contributed by atoms with E-state index < -0.39 is 12.2 Å². The summed E-state index contributed by atoms with van der Waals surface area (Å²) in [7, 11) is 0. The van der Waals surface area contributed by atoms with Crippen LogP contribution in [-0.4, -0.2) is 27.2 Å². The first-order chi connectivity index (χ1) is 7.06. The second-order valence-corrected chi connectivity index (χ2v) is 4.09. The molecule has 3 N–H and O–H groups in total. The largest absolute Gasteiger partial charge is 0.506 e. The quantitative estimate of drug-likeness (QED) is 0.614. The minimum absolute atomic E-state index is 0.105. The highest BCUT2D eigenvalue weighted by Crippen LogP contribution is 2.28. The van der Waals surface area contributed by atoms with E-state index in [1.807, 2.05) is 0 Å². The van der Waals surface area contributed by atoms with E-state index in [1.54, 1.807) is 6.07 Å². The topological polar surface area (TPSA) is 60.7 Å². The van der Waals surface area contributed by atoms with Crippen molar-refractivity contribution in [3.8, 4) is 5.75 Å². The summed E-state index contributed by atoms with van der Waals surface area (Å²) in [5, 5.41) is 28.8. The molecule has 0 fully saturated rings. The first-order valence-corrected chi connectivity index (χ1v) is 5.52. The molecular weight excluding hydrogens is 236 g/mol. The summed E-state index contributed by atoms with van der Waals surface area (Å²) in [5.74, 6) is 0.379. The van der Waals surface area contributed by atoms with Gasteiger partial charge in [-0.3, -0.25) is 0 Å². The summed E-state index contributed by atoms with van der Waals surface area (Å²) < 4.78 is 0. The van der Waals surface area contributed by atoms with Crippen LogP contribution in [0.1, 0.15) is 18.1 Å². The van der Waals surface area contributed by atoms with Crippen molar-refractivity contribution in [1.29, 1.82) is 0 Å². The molecule has 0 aliphatic rings. The number of phenols is 1. The molecule has 0 aliphatic carbocycles. The van der Waals surface area contributed by atoms with Crippen LogP contribution in [0.25, 0.3) is 0 Å². The molecule has 2 atom stereocenters. The predicted octanol–water partition coefficient (Wildman–Crippen LogP) is 1.76. The molecule has 1 rings (SSSR count). The highest BCUT2D eigenvalue weighted by atomic mass is 35.5. The van der Waals surface area contributed by atoms with Gasteiger partial charge in [0.25, 0.3) is 0 Å². The first-order valence-electron chi connectivity index (χ1n) is 4.51. The normalized spacial score (nSPS) is 14.9. The van der Waals surface area contributed by atoms with E-state index in [1.165, 1.54) is 12.1 Å². The lowest BCUT2D eigenvalue weighted by Crippen LogP contribution is -2.18. The van der Waals surface area contributed by atoms with Crippen LogP contribution in [0.3, 0.4) is 0 Å². The van der Waals surface area contributed by atoms with E-state index in [-0.39, 0.29) is 10.8 Å². The number of benzene rings is 1. The summed E-state index contributed by atoms with van der Waals surface area (Å²) in [6, 6.07) is 4.38. The highest BCUT2D eigenvalue weighted by molar-refractivity contribution is 7.80. The Kier molecular flexibility index (Phi) is 4.73. The molecule has 1 aromatic rings. The van der Waals surface area contributed by atoms with Crippen molar-refractivity contribution in [3.05, 3.63) is 28.8 Å². The lowest BCUT2D eigenvalue weighted by molar-refractivity contribution is 0.0171. The second kappa shape index (κ2) is 5.61. The van der Waals surface area contributed by atoms with Crippen molar-refractivity contribution in [2.75, 3.05) is 5.75 Å². The van der Waals surface area contributed by atoms with Gasteiger partial charge in [-0.25, -0.2) is 0 Å². The summed E-state index contributed by atoms with van der Waals surface area (Å²) >= 11 is 9.58. The van der Waals surface area contributed by atoms with Gasteiger partial charge >= 0.3 is 0 Å². The van der Waals surface area contributed by atoms with Crippen molar-refractivity contribution < 1.29 is 15.3 Å². The van der Waals surface area contributed by atoms with Gasteiger partial charge < -0.3 is 15.3 Å². The van der Waals surface area contributed by atoms with Crippen LogP contribution in [0.2, 0.25) is 5.02 Å². The molecule has 0 radical (unpaired) electrons. The minimum atomic E-state index is -1.03. The van der Waals surface area contributed by atoms with Crippen LogP contribution in [0.4, 0.5) is 0 Å². The van der Waals surface area contributed by atoms with Crippen LogP contribution in [0.15, 0.2) is 18.2 Å². The Morgan fingerprint density at radius 1 is 1.33 bits per heavy atom. The van der Waals surface area contributed by atoms with E-state index >= 15 is 0 Å². The van der Waals surface area contributed by atoms with Gasteiger partial charge in [0.1, 0.15) is 11.9 Å². The molecule has 5 heteroatoms. The molecule has 2 unspecified atom stereocenters. The van der Waals surface area contributed by atoms with E-state index in [4.69, 9.17) is 11.6 Å². The molecule has 0 spiro atoms. The van der Waals surface area contributed by atoms with Gasteiger partial charge in [-0.05, 0) is 29.9 Å². The first kappa shape index (κ1) is 12.6. The summed E-state index contributed by atoms with van der Waals surface area (Å²) in [4.78, 5) is 0. The summed E-state index contributed by atoms with van der Waals surface area (Å²) in [5.41, 5.74) is 0.436. The lowest BCUT2D eigenvalue weighted by Gasteiger charge is -2.17. The van der Waals surface area contributed by atoms with Crippen molar-refractivity contribution in [2.24, 2.45) is 0 Å². The fraction of sp³-hybridized carbons (Fsp3) is 0.400. The zero-order valence-electron chi connectivity index (χ0n) is 7.97. The number of phenolic OH excluding ortho intramolecular Hbond substituents is 1. The molecule has 15 heavy (non-hydrogen) atoms. The van der Waals surface area contributed by atoms with E-state index in [9.17, 15) is 15.3 Å². The standard InChI is InChI=1S/C10H13ClO3S/c11-7-2-1-6(5-9(7)13)10(14)8(12)3-4-15/h1-2,5,8,10,12-15H,3-4H2. The van der Waals surface area contributed by atoms with Gasteiger partial charge in [0.15, 0.2) is 0 Å². The number of hydrogen-bond donors (Lipinski definition) is 4. The fourth-order valence-corrected chi connectivity index (χ4v) is 1.61. The third-order valence-electron chi connectivity index (χ3n) is 2.10. The SMILES string of the molecule is Oc1cc(C(O)C(O)CCS)ccc1Cl. The Hall–Kier alpha value is -0.420. The molecular formula is C10H13ClO3S. The Morgan fingerprint density at radius 2 is 2.00 bits per heavy atom. The third-order valence-corrected chi connectivity index (χ3v) is 2.68. The molecule has 84 valence electrons. The van der Waals surface area contributed by atoms with Crippen LogP contribution in [-0.2, 0) is 0 Å². The van der Waals surface area contributed by atoms with Gasteiger partial charge in [0.2, 0.25) is 0 Å². The van der Waals surface area contributed by atoms with Crippen molar-refractivity contribution in [2.45, 2.75) is 18.6 Å².